The van der Waals surface area contributed by atoms with E-state index in [1.807, 2.05) is 0 Å². The van der Waals surface area contributed by atoms with Gasteiger partial charge in [0.15, 0.2) is 5.78 Å². The van der Waals surface area contributed by atoms with Crippen molar-refractivity contribution in [3.05, 3.63) is 64.2 Å². The number of carbonyl (C=O) groups is 2. The third-order valence-corrected chi connectivity index (χ3v) is 8.05. The molecule has 154 valence electrons. The van der Waals surface area contributed by atoms with E-state index in [0.717, 1.165) is 17.8 Å². The maximum absolute atomic E-state index is 13.0. The molecule has 0 saturated heterocycles. The smallest absolute Gasteiger partial charge is 0.257 e. The van der Waals surface area contributed by atoms with Crippen LogP contribution in [0.25, 0.3) is 0 Å². The first-order valence-corrected chi connectivity index (χ1v) is 11.8. The fraction of sp³-hybridized carbons (Fsp3) is 0.238. The van der Waals surface area contributed by atoms with Gasteiger partial charge in [-0.05, 0) is 43.2 Å². The van der Waals surface area contributed by atoms with Gasteiger partial charge >= 0.3 is 0 Å². The van der Waals surface area contributed by atoms with Gasteiger partial charge in [0.2, 0.25) is 15.0 Å². The number of rotatable bonds is 5. The van der Waals surface area contributed by atoms with Gasteiger partial charge in [-0.2, -0.15) is 0 Å². The summed E-state index contributed by atoms with van der Waals surface area (Å²) in [5.74, 6) is -0.596. The van der Waals surface area contributed by atoms with E-state index in [1.54, 1.807) is 12.1 Å². The summed E-state index contributed by atoms with van der Waals surface area (Å²) in [5.41, 5.74) is 0.339. The van der Waals surface area contributed by atoms with Gasteiger partial charge < -0.3 is 0 Å². The van der Waals surface area contributed by atoms with Crippen molar-refractivity contribution in [3.8, 4) is 0 Å². The molecule has 1 aliphatic rings. The van der Waals surface area contributed by atoms with Crippen molar-refractivity contribution in [1.82, 2.24) is 10.2 Å². The molecule has 1 N–H and O–H groups in total. The molecule has 0 fully saturated rings. The molecule has 0 spiro atoms. The van der Waals surface area contributed by atoms with Crippen molar-refractivity contribution in [2.45, 2.75) is 42.4 Å². The Bertz CT molecular complexity index is 1260. The van der Waals surface area contributed by atoms with Crippen LogP contribution >= 0.6 is 11.3 Å². The van der Waals surface area contributed by atoms with Crippen LogP contribution in [0, 0.1) is 0 Å². The first-order valence-electron chi connectivity index (χ1n) is 9.54. The van der Waals surface area contributed by atoms with Crippen molar-refractivity contribution < 1.29 is 18.0 Å². The van der Waals surface area contributed by atoms with Gasteiger partial charge in [-0.15, -0.1) is 10.2 Å². The topological polar surface area (TPSA) is 106 Å². The number of hydrogen-bond acceptors (Lipinski definition) is 7. The Balaban J connectivity index is 1.66. The SMILES string of the molecule is CCC(CC)c1nnc(NC(=O)c2ccc3c(c2)S(=O)(=O)c2ccccc2C3=O)s1. The van der Waals surface area contributed by atoms with Crippen molar-refractivity contribution in [1.29, 1.82) is 0 Å². The first-order chi connectivity index (χ1) is 14.4. The Morgan fingerprint density at radius 2 is 1.73 bits per heavy atom. The summed E-state index contributed by atoms with van der Waals surface area (Å²) < 4.78 is 26.0. The van der Waals surface area contributed by atoms with Gasteiger partial charge in [0, 0.05) is 22.6 Å². The van der Waals surface area contributed by atoms with Crippen LogP contribution in [0.4, 0.5) is 5.13 Å². The molecule has 0 bridgehead atoms. The maximum atomic E-state index is 13.0. The Morgan fingerprint density at radius 3 is 2.47 bits per heavy atom. The van der Waals surface area contributed by atoms with Crippen LogP contribution in [-0.4, -0.2) is 30.3 Å². The highest BCUT2D eigenvalue weighted by molar-refractivity contribution is 7.91. The predicted octanol–water partition coefficient (Wildman–Crippen LogP) is 4.07. The van der Waals surface area contributed by atoms with Crippen molar-refractivity contribution in [2.75, 3.05) is 5.32 Å². The van der Waals surface area contributed by atoms with E-state index in [-0.39, 0.29) is 38.2 Å². The van der Waals surface area contributed by atoms with Crippen LogP contribution in [0.15, 0.2) is 52.3 Å². The fourth-order valence-corrected chi connectivity index (χ4v) is 6.17. The Hall–Kier alpha value is -2.91. The van der Waals surface area contributed by atoms with E-state index in [0.29, 0.717) is 5.13 Å². The zero-order valence-corrected chi connectivity index (χ0v) is 18.0. The van der Waals surface area contributed by atoms with E-state index < -0.39 is 15.7 Å². The first kappa shape index (κ1) is 20.4. The number of nitrogens with one attached hydrogen (secondary N) is 1. The summed E-state index contributed by atoms with van der Waals surface area (Å²) in [6, 6.07) is 10.2. The van der Waals surface area contributed by atoms with Crippen LogP contribution in [-0.2, 0) is 9.84 Å². The average Bonchev–Trinajstić information content (AvgIpc) is 3.21. The minimum absolute atomic E-state index is 0.0426. The molecule has 0 saturated carbocycles. The van der Waals surface area contributed by atoms with Gasteiger partial charge in [-0.1, -0.05) is 37.3 Å². The van der Waals surface area contributed by atoms with Crippen LogP contribution in [0.1, 0.15) is 63.9 Å². The lowest BCUT2D eigenvalue weighted by molar-refractivity contribution is 0.101. The van der Waals surface area contributed by atoms with E-state index in [4.69, 9.17) is 0 Å². The van der Waals surface area contributed by atoms with Crippen LogP contribution < -0.4 is 5.32 Å². The molecule has 9 heteroatoms. The molecule has 7 nitrogen and oxygen atoms in total. The number of nitrogens with zero attached hydrogens (tertiary/aromatic N) is 2. The maximum Gasteiger partial charge on any atom is 0.257 e. The van der Waals surface area contributed by atoms with Crippen molar-refractivity contribution in [3.63, 3.8) is 0 Å². The molecular weight excluding hydrogens is 422 g/mol. The number of sulfone groups is 1. The molecule has 1 aromatic heterocycles. The second-order valence-corrected chi connectivity index (χ2v) is 9.85. The van der Waals surface area contributed by atoms with E-state index in [1.165, 1.54) is 41.7 Å². The molecule has 0 aliphatic carbocycles. The van der Waals surface area contributed by atoms with Crippen LogP contribution in [0.5, 0.6) is 0 Å². The lowest BCUT2D eigenvalue weighted by atomic mass is 10.0. The zero-order valence-electron chi connectivity index (χ0n) is 16.4. The highest BCUT2D eigenvalue weighted by Crippen LogP contribution is 2.35. The molecule has 0 radical (unpaired) electrons. The average molecular weight is 442 g/mol. The highest BCUT2D eigenvalue weighted by Gasteiger charge is 2.35. The van der Waals surface area contributed by atoms with Crippen molar-refractivity contribution in [2.24, 2.45) is 0 Å². The van der Waals surface area contributed by atoms with Gasteiger partial charge in [0.1, 0.15) is 5.01 Å². The van der Waals surface area contributed by atoms with Gasteiger partial charge in [0.05, 0.1) is 9.79 Å². The van der Waals surface area contributed by atoms with E-state index in [2.05, 4.69) is 29.4 Å². The minimum Gasteiger partial charge on any atom is -0.296 e. The monoisotopic (exact) mass is 441 g/mol. The van der Waals surface area contributed by atoms with Crippen LogP contribution in [0.2, 0.25) is 0 Å². The van der Waals surface area contributed by atoms with Gasteiger partial charge in [-0.25, -0.2) is 8.42 Å². The third kappa shape index (κ3) is 3.33. The second-order valence-electron chi connectivity index (χ2n) is 6.95. The summed E-state index contributed by atoms with van der Waals surface area (Å²) in [7, 11) is -3.90. The van der Waals surface area contributed by atoms with E-state index in [9.17, 15) is 18.0 Å². The fourth-order valence-electron chi connectivity index (χ4n) is 3.48. The molecule has 30 heavy (non-hydrogen) atoms. The minimum atomic E-state index is -3.90. The molecule has 1 aliphatic heterocycles. The predicted molar refractivity (Wildman–Crippen MR) is 113 cm³/mol. The highest BCUT2D eigenvalue weighted by atomic mass is 32.2. The summed E-state index contributed by atoms with van der Waals surface area (Å²) >= 11 is 1.31. The standard InChI is InChI=1S/C21H19N3O4S2/c1-3-12(4-2)20-23-24-21(29-20)22-19(26)13-9-10-15-17(11-13)30(27,28)16-8-6-5-7-14(16)18(15)25/h5-12H,3-4H2,1-2H3,(H,22,24,26). The number of ketones is 1. The molecule has 2 heterocycles. The number of aromatic nitrogens is 2. The Kier molecular flexibility index (Phi) is 5.25. The van der Waals surface area contributed by atoms with Gasteiger partial charge in [-0.3, -0.25) is 14.9 Å². The third-order valence-electron chi connectivity index (χ3n) is 5.20. The van der Waals surface area contributed by atoms with Crippen LogP contribution in [0.3, 0.4) is 0 Å². The number of hydrogen-bond donors (Lipinski definition) is 1. The molecule has 3 aromatic rings. The zero-order chi connectivity index (χ0) is 21.5. The quantitative estimate of drug-likeness (QED) is 0.500. The Labute approximate surface area is 178 Å². The van der Waals surface area contributed by atoms with Crippen molar-refractivity contribution >= 4 is 38.0 Å². The lowest BCUT2D eigenvalue weighted by Crippen LogP contribution is -2.21. The molecule has 0 unspecified atom stereocenters. The largest absolute Gasteiger partial charge is 0.296 e. The number of carbonyl (C=O) groups excluding carboxylic acids is 2. The number of benzene rings is 2. The van der Waals surface area contributed by atoms with E-state index >= 15 is 0 Å². The summed E-state index contributed by atoms with van der Waals surface area (Å²) in [5, 5.41) is 12.0. The molecule has 2 aromatic carbocycles. The summed E-state index contributed by atoms with van der Waals surface area (Å²) in [6.45, 7) is 4.14. The second kappa shape index (κ2) is 7.73. The normalized spacial score (nSPS) is 14.3. The Morgan fingerprint density at radius 1 is 1.03 bits per heavy atom. The van der Waals surface area contributed by atoms with Gasteiger partial charge in [0.25, 0.3) is 5.91 Å². The number of anilines is 1. The number of amides is 1. The summed E-state index contributed by atoms with van der Waals surface area (Å²) in [6.07, 6.45) is 1.86. The lowest BCUT2D eigenvalue weighted by Gasteiger charge is -2.19. The molecule has 4 rings (SSSR count). The molecule has 0 atom stereocenters. The molecular formula is C21H19N3O4S2. The summed E-state index contributed by atoms with van der Waals surface area (Å²) in [4.78, 5) is 25.2. The number of fused-ring (bicyclic) bond motifs is 2. The molecule has 1 amide bonds.